The second kappa shape index (κ2) is 13.5. The van der Waals surface area contributed by atoms with E-state index in [0.29, 0.717) is 0 Å². The number of nitrogens with two attached hydrogens (primary N) is 2. The van der Waals surface area contributed by atoms with Crippen LogP contribution in [0.2, 0.25) is 0 Å². The third-order valence-electron chi connectivity index (χ3n) is 1.94. The van der Waals surface area contributed by atoms with Gasteiger partial charge in [-0.2, -0.15) is 0 Å². The average molecular weight is 317 g/mol. The third-order valence-corrected chi connectivity index (χ3v) is 1.94. The Labute approximate surface area is 136 Å². The van der Waals surface area contributed by atoms with E-state index in [-0.39, 0.29) is 48.7 Å². The maximum absolute atomic E-state index is 9.88. The van der Waals surface area contributed by atoms with Gasteiger partial charge in [0.05, 0.1) is 11.9 Å². The fourth-order valence-corrected chi connectivity index (χ4v) is 0.794. The summed E-state index contributed by atoms with van der Waals surface area (Å²) in [7, 11) is 0. The van der Waals surface area contributed by atoms with E-state index in [1.54, 1.807) is 0 Å². The number of carbonyl (C=O) groups excluding carboxylic acids is 2. The molecule has 0 bridgehead atoms. The molecule has 116 valence electrons. The fourth-order valence-electron chi connectivity index (χ4n) is 0.794. The van der Waals surface area contributed by atoms with Crippen molar-refractivity contribution in [1.82, 2.24) is 0 Å². The molecule has 0 heterocycles. The second-order valence-electron chi connectivity index (χ2n) is 3.72. The third kappa shape index (κ3) is 18.6. The summed E-state index contributed by atoms with van der Waals surface area (Å²) >= 11 is 0. The van der Waals surface area contributed by atoms with Gasteiger partial charge in [0.25, 0.3) is 0 Å². The van der Waals surface area contributed by atoms with Gasteiger partial charge in [-0.05, 0) is 12.8 Å². The molecule has 2 atom stereocenters. The zero-order valence-electron chi connectivity index (χ0n) is 11.2. The summed E-state index contributed by atoms with van der Waals surface area (Å²) < 4.78 is 0. The fraction of sp³-hybridized carbons (Fsp3) is 0.600. The summed E-state index contributed by atoms with van der Waals surface area (Å²) in [4.78, 5) is 39.5. The van der Waals surface area contributed by atoms with Gasteiger partial charge in [-0.15, -0.1) is 0 Å². The molecule has 0 aliphatic heterocycles. The maximum atomic E-state index is 9.88. The number of aliphatic carboxylic acids is 4. The van der Waals surface area contributed by atoms with E-state index in [2.05, 4.69) is 0 Å². The van der Waals surface area contributed by atoms with Crippen LogP contribution < -0.4 is 21.7 Å². The summed E-state index contributed by atoms with van der Waals surface area (Å²) in [6, 6.07) is -2.34. The number of hydrogen-bond acceptors (Lipinski definition) is 8. The molecular weight excluding hydrogens is 300 g/mol. The second-order valence-corrected chi connectivity index (χ2v) is 3.72. The summed E-state index contributed by atoms with van der Waals surface area (Å²) in [5.74, 6) is -4.95. The zero-order chi connectivity index (χ0) is 16.3. The van der Waals surface area contributed by atoms with Crippen LogP contribution in [-0.4, -0.2) is 69.2 Å². The molecule has 6 N–H and O–H groups in total. The molecule has 0 fully saturated rings. The maximum Gasteiger partial charge on any atom is 2.00 e. The molecule has 0 aliphatic carbocycles. The van der Waals surface area contributed by atoms with E-state index < -0.39 is 36.0 Å². The largest absolute Gasteiger partial charge is 2.00 e. The van der Waals surface area contributed by atoms with Gasteiger partial charge in [0.2, 0.25) is 0 Å². The standard InChI is InChI=1S/2C5H9NO4.Mg/c2*6-3(5(9)10)1-2-4(7)8;/h2*3H,1-2,6H2,(H,7,8)(H,9,10);/q;;+2/p-2/t2*3-;/m11./s1. The summed E-state index contributed by atoms with van der Waals surface area (Å²) in [5.41, 5.74) is 9.88. The first-order chi connectivity index (χ1) is 9.07. The van der Waals surface area contributed by atoms with Crippen LogP contribution >= 0.6 is 0 Å². The molecule has 0 aromatic rings. The van der Waals surface area contributed by atoms with Gasteiger partial charge in [-0.1, -0.05) is 0 Å². The Morgan fingerprint density at radius 1 is 0.810 bits per heavy atom. The predicted octanol–water partition coefficient (Wildman–Crippen LogP) is -4.52. The molecule has 10 nitrogen and oxygen atoms in total. The van der Waals surface area contributed by atoms with Crippen LogP contribution in [0.3, 0.4) is 0 Å². The topological polar surface area (TPSA) is 207 Å². The van der Waals surface area contributed by atoms with Crippen molar-refractivity contribution in [3.05, 3.63) is 0 Å². The smallest absolute Gasteiger partial charge is 0.548 e. The number of carbonyl (C=O) groups is 4. The molecule has 0 unspecified atom stereocenters. The van der Waals surface area contributed by atoms with Gasteiger partial charge >= 0.3 is 35.0 Å². The Hall–Kier alpha value is -1.43. The van der Waals surface area contributed by atoms with E-state index >= 15 is 0 Å². The molecule has 0 saturated carbocycles. The van der Waals surface area contributed by atoms with Crippen LogP contribution in [0.25, 0.3) is 0 Å². The molecule has 0 aromatic heterocycles. The van der Waals surface area contributed by atoms with Gasteiger partial charge < -0.3 is 41.5 Å². The molecule has 0 saturated heterocycles. The molecule has 0 aromatic carbocycles. The Morgan fingerprint density at radius 3 is 1.19 bits per heavy atom. The first-order valence-electron chi connectivity index (χ1n) is 5.44. The van der Waals surface area contributed by atoms with E-state index in [4.69, 9.17) is 21.7 Å². The molecule has 11 heteroatoms. The SMILES string of the molecule is N[C@H](CCC(=O)O)C(=O)[O-].N[C@H](CCC(=O)O)C(=O)[O-].[Mg+2]. The van der Waals surface area contributed by atoms with Gasteiger partial charge in [0.1, 0.15) is 0 Å². The van der Waals surface area contributed by atoms with Crippen molar-refractivity contribution < 1.29 is 39.6 Å². The van der Waals surface area contributed by atoms with Crippen molar-refractivity contribution in [2.24, 2.45) is 11.5 Å². The van der Waals surface area contributed by atoms with Crippen molar-refractivity contribution in [3.8, 4) is 0 Å². The van der Waals surface area contributed by atoms with Crippen LogP contribution in [0.4, 0.5) is 0 Å². The molecule has 0 amide bonds. The van der Waals surface area contributed by atoms with E-state index in [1.165, 1.54) is 0 Å². The number of carboxylic acids is 4. The number of carboxylic acid groups (broad SMARTS) is 4. The van der Waals surface area contributed by atoms with Crippen LogP contribution in [0.1, 0.15) is 25.7 Å². The van der Waals surface area contributed by atoms with Crippen LogP contribution in [0, 0.1) is 0 Å². The minimum absolute atomic E-state index is 0. The average Bonchev–Trinajstić information content (AvgIpc) is 2.33. The monoisotopic (exact) mass is 316 g/mol. The summed E-state index contributed by atoms with van der Waals surface area (Å²) in [6.07, 6.45) is -0.653. The first kappa shape index (κ1) is 24.6. The molecular formula is C10H16MgN2O8. The van der Waals surface area contributed by atoms with E-state index in [1.807, 2.05) is 0 Å². The number of hydrogen-bond donors (Lipinski definition) is 4. The van der Waals surface area contributed by atoms with Crippen LogP contribution in [0.5, 0.6) is 0 Å². The van der Waals surface area contributed by atoms with E-state index in [9.17, 15) is 29.4 Å². The predicted molar refractivity (Wildman–Crippen MR) is 65.5 cm³/mol. The zero-order valence-corrected chi connectivity index (χ0v) is 12.6. The Balaban J connectivity index is -0.000000295. The number of rotatable bonds is 8. The molecule has 0 aliphatic rings. The molecule has 0 rings (SSSR count). The Kier molecular flexibility index (Phi) is 15.9. The molecule has 0 radical (unpaired) electrons. The van der Waals surface area contributed by atoms with Crippen molar-refractivity contribution in [2.75, 3.05) is 0 Å². The van der Waals surface area contributed by atoms with Crippen molar-refractivity contribution in [2.45, 2.75) is 37.8 Å². The van der Waals surface area contributed by atoms with Crippen molar-refractivity contribution in [1.29, 1.82) is 0 Å². The van der Waals surface area contributed by atoms with E-state index in [0.717, 1.165) is 0 Å². The molecule has 21 heavy (non-hydrogen) atoms. The van der Waals surface area contributed by atoms with Gasteiger partial charge in [0.15, 0.2) is 0 Å². The normalized spacial score (nSPS) is 11.9. The van der Waals surface area contributed by atoms with Gasteiger partial charge in [-0.3, -0.25) is 9.59 Å². The minimum atomic E-state index is -1.42. The minimum Gasteiger partial charge on any atom is -0.548 e. The Bertz CT molecular complexity index is 329. The summed E-state index contributed by atoms with van der Waals surface area (Å²) in [6.45, 7) is 0. The van der Waals surface area contributed by atoms with Gasteiger partial charge in [0, 0.05) is 24.9 Å². The first-order valence-corrected chi connectivity index (χ1v) is 5.44. The quantitative estimate of drug-likeness (QED) is 0.315. The van der Waals surface area contributed by atoms with Crippen molar-refractivity contribution in [3.63, 3.8) is 0 Å². The Morgan fingerprint density at radius 2 is 1.05 bits per heavy atom. The van der Waals surface area contributed by atoms with Crippen LogP contribution in [0.15, 0.2) is 0 Å². The van der Waals surface area contributed by atoms with Gasteiger partial charge in [-0.25, -0.2) is 0 Å². The summed E-state index contributed by atoms with van der Waals surface area (Å²) in [5, 5.41) is 35.9. The van der Waals surface area contributed by atoms with Crippen LogP contribution in [-0.2, 0) is 19.2 Å². The molecule has 0 spiro atoms. The van der Waals surface area contributed by atoms with Crippen molar-refractivity contribution >= 4 is 46.9 Å².